The summed E-state index contributed by atoms with van der Waals surface area (Å²) in [5.74, 6) is -0.0721. The van der Waals surface area contributed by atoms with Crippen LogP contribution >= 0.6 is 15.9 Å². The van der Waals surface area contributed by atoms with Crippen LogP contribution in [0.1, 0.15) is 24.3 Å². The highest BCUT2D eigenvalue weighted by atomic mass is 79.9. The van der Waals surface area contributed by atoms with Crippen molar-refractivity contribution in [3.8, 4) is 0 Å². The van der Waals surface area contributed by atoms with Gasteiger partial charge in [0.15, 0.2) is 0 Å². The molecule has 0 aromatic carbocycles. The summed E-state index contributed by atoms with van der Waals surface area (Å²) in [6, 6.07) is 1.83. The zero-order valence-electron chi connectivity index (χ0n) is 9.79. The second-order valence-corrected chi connectivity index (χ2v) is 4.58. The molecule has 0 aliphatic rings. The Morgan fingerprint density at radius 2 is 2.38 bits per heavy atom. The number of nitrogens with zero attached hydrogens (tertiary/aromatic N) is 1. The SMILES string of the molecule is CCn1cc(Br)cc1C(=O)NC(C)COC. The van der Waals surface area contributed by atoms with Gasteiger partial charge in [0.1, 0.15) is 5.69 Å². The van der Waals surface area contributed by atoms with Gasteiger partial charge in [0, 0.05) is 30.4 Å². The summed E-state index contributed by atoms with van der Waals surface area (Å²) < 4.78 is 7.79. The molecule has 0 aliphatic carbocycles. The van der Waals surface area contributed by atoms with E-state index >= 15 is 0 Å². The fourth-order valence-electron chi connectivity index (χ4n) is 1.52. The first kappa shape index (κ1) is 13.3. The van der Waals surface area contributed by atoms with Crippen LogP contribution in [-0.2, 0) is 11.3 Å². The molecule has 1 amide bonds. The molecule has 16 heavy (non-hydrogen) atoms. The van der Waals surface area contributed by atoms with Crippen LogP contribution in [-0.4, -0.2) is 30.2 Å². The molecule has 1 rings (SSSR count). The molecule has 5 heteroatoms. The van der Waals surface area contributed by atoms with E-state index in [2.05, 4.69) is 21.2 Å². The second-order valence-electron chi connectivity index (χ2n) is 3.66. The van der Waals surface area contributed by atoms with Gasteiger partial charge in [-0.05, 0) is 35.8 Å². The summed E-state index contributed by atoms with van der Waals surface area (Å²) in [7, 11) is 1.62. The lowest BCUT2D eigenvalue weighted by Gasteiger charge is -2.13. The molecule has 0 saturated heterocycles. The Hall–Kier alpha value is -0.810. The number of carbonyl (C=O) groups is 1. The van der Waals surface area contributed by atoms with Crippen molar-refractivity contribution in [3.63, 3.8) is 0 Å². The number of carbonyl (C=O) groups excluding carboxylic acids is 1. The van der Waals surface area contributed by atoms with Crippen LogP contribution in [0.2, 0.25) is 0 Å². The first-order valence-electron chi connectivity index (χ1n) is 5.24. The number of aromatic nitrogens is 1. The minimum absolute atomic E-state index is 0.0106. The van der Waals surface area contributed by atoms with Crippen LogP contribution in [0.5, 0.6) is 0 Å². The molecule has 1 N–H and O–H groups in total. The van der Waals surface area contributed by atoms with E-state index in [1.54, 1.807) is 7.11 Å². The molecule has 1 aromatic rings. The Morgan fingerprint density at radius 3 is 2.94 bits per heavy atom. The number of aryl methyl sites for hydroxylation is 1. The van der Waals surface area contributed by atoms with Gasteiger partial charge >= 0.3 is 0 Å². The number of ether oxygens (including phenoxy) is 1. The first-order chi connectivity index (χ1) is 7.58. The van der Waals surface area contributed by atoms with Gasteiger partial charge in [-0.3, -0.25) is 4.79 Å². The number of methoxy groups -OCH3 is 1. The van der Waals surface area contributed by atoms with E-state index in [1.165, 1.54) is 0 Å². The van der Waals surface area contributed by atoms with E-state index in [1.807, 2.05) is 30.7 Å². The zero-order chi connectivity index (χ0) is 12.1. The summed E-state index contributed by atoms with van der Waals surface area (Å²) in [5, 5.41) is 2.88. The maximum atomic E-state index is 11.9. The molecule has 0 spiro atoms. The highest BCUT2D eigenvalue weighted by Crippen LogP contribution is 2.14. The van der Waals surface area contributed by atoms with Crippen molar-refractivity contribution < 1.29 is 9.53 Å². The van der Waals surface area contributed by atoms with Crippen molar-refractivity contribution in [3.05, 3.63) is 22.4 Å². The van der Waals surface area contributed by atoms with Crippen molar-refractivity contribution in [2.75, 3.05) is 13.7 Å². The van der Waals surface area contributed by atoms with Crippen LogP contribution < -0.4 is 5.32 Å². The fourth-order valence-corrected chi connectivity index (χ4v) is 1.98. The van der Waals surface area contributed by atoms with Crippen molar-refractivity contribution in [2.45, 2.75) is 26.4 Å². The van der Waals surface area contributed by atoms with Crippen molar-refractivity contribution >= 4 is 21.8 Å². The molecule has 1 heterocycles. The topological polar surface area (TPSA) is 43.3 Å². The molecule has 1 aromatic heterocycles. The number of halogens is 1. The van der Waals surface area contributed by atoms with E-state index < -0.39 is 0 Å². The number of rotatable bonds is 5. The maximum absolute atomic E-state index is 11.9. The van der Waals surface area contributed by atoms with E-state index in [0.29, 0.717) is 12.3 Å². The predicted molar refractivity (Wildman–Crippen MR) is 66.6 cm³/mol. The van der Waals surface area contributed by atoms with Gasteiger partial charge in [-0.15, -0.1) is 0 Å². The molecule has 90 valence electrons. The smallest absolute Gasteiger partial charge is 0.268 e. The number of hydrogen-bond acceptors (Lipinski definition) is 2. The van der Waals surface area contributed by atoms with Crippen LogP contribution in [0.4, 0.5) is 0 Å². The normalized spacial score (nSPS) is 12.5. The first-order valence-corrected chi connectivity index (χ1v) is 6.03. The molecule has 4 nitrogen and oxygen atoms in total. The van der Waals surface area contributed by atoms with Gasteiger partial charge in [-0.1, -0.05) is 0 Å². The van der Waals surface area contributed by atoms with Crippen molar-refractivity contribution in [2.24, 2.45) is 0 Å². The molecule has 0 radical (unpaired) electrons. The third-order valence-corrected chi connectivity index (χ3v) is 2.66. The predicted octanol–water partition coefficient (Wildman–Crippen LogP) is 2.04. The number of nitrogens with one attached hydrogen (secondary N) is 1. The number of amides is 1. The summed E-state index contributed by atoms with van der Waals surface area (Å²) in [5.41, 5.74) is 0.664. The van der Waals surface area contributed by atoms with E-state index in [-0.39, 0.29) is 11.9 Å². The minimum atomic E-state index is -0.0721. The van der Waals surface area contributed by atoms with Gasteiger partial charge in [0.05, 0.1) is 6.61 Å². The van der Waals surface area contributed by atoms with E-state index in [0.717, 1.165) is 11.0 Å². The van der Waals surface area contributed by atoms with Gasteiger partial charge < -0.3 is 14.6 Å². The standard InChI is InChI=1S/C11H17BrN2O2/c1-4-14-6-9(12)5-10(14)11(15)13-8(2)7-16-3/h5-6,8H,4,7H2,1-3H3,(H,13,15). The Balaban J connectivity index is 2.72. The Labute approximate surface area is 104 Å². The van der Waals surface area contributed by atoms with Crippen LogP contribution in [0.3, 0.4) is 0 Å². The quantitative estimate of drug-likeness (QED) is 0.901. The molecule has 0 aliphatic heterocycles. The molecule has 0 bridgehead atoms. The van der Waals surface area contributed by atoms with Gasteiger partial charge in [-0.25, -0.2) is 0 Å². The molecule has 1 atom stereocenters. The molecular weight excluding hydrogens is 272 g/mol. The highest BCUT2D eigenvalue weighted by Gasteiger charge is 2.14. The largest absolute Gasteiger partial charge is 0.383 e. The average molecular weight is 289 g/mol. The third-order valence-electron chi connectivity index (χ3n) is 2.23. The van der Waals surface area contributed by atoms with Crippen LogP contribution in [0.25, 0.3) is 0 Å². The van der Waals surface area contributed by atoms with E-state index in [9.17, 15) is 4.79 Å². The van der Waals surface area contributed by atoms with Crippen LogP contribution in [0, 0.1) is 0 Å². The Kier molecular flexibility index (Phi) is 5.02. The molecule has 0 saturated carbocycles. The van der Waals surface area contributed by atoms with Crippen molar-refractivity contribution in [1.82, 2.24) is 9.88 Å². The molecular formula is C11H17BrN2O2. The highest BCUT2D eigenvalue weighted by molar-refractivity contribution is 9.10. The average Bonchev–Trinajstić information content (AvgIpc) is 2.59. The lowest BCUT2D eigenvalue weighted by atomic mass is 10.3. The monoisotopic (exact) mass is 288 g/mol. The van der Waals surface area contributed by atoms with E-state index in [4.69, 9.17) is 4.74 Å². The summed E-state index contributed by atoms with van der Waals surface area (Å²) >= 11 is 3.36. The lowest BCUT2D eigenvalue weighted by Crippen LogP contribution is -2.36. The summed E-state index contributed by atoms with van der Waals surface area (Å²) in [4.78, 5) is 11.9. The van der Waals surface area contributed by atoms with Gasteiger partial charge in [0.2, 0.25) is 0 Å². The molecule has 0 fully saturated rings. The second kappa shape index (κ2) is 6.06. The summed E-state index contributed by atoms with van der Waals surface area (Å²) in [6.45, 7) is 5.20. The fraction of sp³-hybridized carbons (Fsp3) is 0.545. The third kappa shape index (κ3) is 3.35. The van der Waals surface area contributed by atoms with Crippen LogP contribution in [0.15, 0.2) is 16.7 Å². The molecule has 1 unspecified atom stereocenters. The van der Waals surface area contributed by atoms with Crippen molar-refractivity contribution in [1.29, 1.82) is 0 Å². The van der Waals surface area contributed by atoms with Gasteiger partial charge in [0.25, 0.3) is 5.91 Å². The maximum Gasteiger partial charge on any atom is 0.268 e. The summed E-state index contributed by atoms with van der Waals surface area (Å²) in [6.07, 6.45) is 1.90. The van der Waals surface area contributed by atoms with Gasteiger partial charge in [-0.2, -0.15) is 0 Å². The zero-order valence-corrected chi connectivity index (χ0v) is 11.4. The number of hydrogen-bond donors (Lipinski definition) is 1. The lowest BCUT2D eigenvalue weighted by molar-refractivity contribution is 0.0896. The Bertz CT molecular complexity index is 363. The Morgan fingerprint density at radius 1 is 1.69 bits per heavy atom. The minimum Gasteiger partial charge on any atom is -0.383 e.